The van der Waals surface area contributed by atoms with E-state index in [0.717, 1.165) is 27.0 Å². The number of benzene rings is 2. The molecular formula is C20H18FN2O2+. The smallest absolute Gasteiger partial charge is 0.224 e. The lowest BCUT2D eigenvalue weighted by Crippen LogP contribution is -2.27. The van der Waals surface area contributed by atoms with E-state index in [4.69, 9.17) is 0 Å². The Bertz CT molecular complexity index is 862. The summed E-state index contributed by atoms with van der Waals surface area (Å²) in [5.41, 5.74) is 3.61. The van der Waals surface area contributed by atoms with E-state index in [1.54, 1.807) is 36.7 Å². The number of nitrogens with one attached hydrogen (secondary N) is 1. The number of rotatable bonds is 5. The van der Waals surface area contributed by atoms with Crippen molar-refractivity contribution in [3.8, 4) is 11.1 Å². The van der Waals surface area contributed by atoms with E-state index in [9.17, 15) is 14.4 Å². The van der Waals surface area contributed by atoms with E-state index < -0.39 is 0 Å². The van der Waals surface area contributed by atoms with Crippen molar-refractivity contribution in [2.24, 2.45) is 0 Å². The highest BCUT2D eigenvalue weighted by atomic mass is 19.1. The first-order chi connectivity index (χ1) is 12.1. The van der Waals surface area contributed by atoms with Crippen LogP contribution in [0.25, 0.3) is 11.1 Å². The van der Waals surface area contributed by atoms with Crippen LogP contribution in [-0.4, -0.2) is 11.1 Å². The van der Waals surface area contributed by atoms with Crippen molar-refractivity contribution in [2.45, 2.75) is 13.0 Å². The summed E-state index contributed by atoms with van der Waals surface area (Å²) in [7, 11) is 0. The zero-order valence-electron chi connectivity index (χ0n) is 13.5. The highest BCUT2D eigenvalue weighted by Gasteiger charge is 2.06. The van der Waals surface area contributed by atoms with Crippen LogP contribution in [-0.2, 0) is 17.8 Å². The predicted octanol–water partition coefficient (Wildman–Crippen LogP) is 2.88. The lowest BCUT2D eigenvalue weighted by Gasteiger charge is -2.07. The number of aromatic nitrogens is 1. The maximum Gasteiger partial charge on any atom is 0.224 e. The Balaban J connectivity index is 1.57. The number of nitrogens with zero attached hydrogens (tertiary/aromatic N) is 1. The third-order valence-electron chi connectivity index (χ3n) is 3.84. The van der Waals surface area contributed by atoms with E-state index in [2.05, 4.69) is 5.32 Å². The number of amides is 1. The van der Waals surface area contributed by atoms with Gasteiger partial charge >= 0.3 is 0 Å². The first kappa shape index (κ1) is 16.6. The Hall–Kier alpha value is -3.21. The van der Waals surface area contributed by atoms with E-state index in [0.29, 0.717) is 6.54 Å². The lowest BCUT2D eigenvalue weighted by molar-refractivity contribution is -0.904. The standard InChI is InChI=1S/C20H17FN2O2/c21-19-3-1-2-16(12-19)14-22-20(24)13-15-4-6-17(7-5-15)18-8-10-23(25)11-9-18/h1-12H,13-14H2,(H-,22,24,25)/p+1. The molecule has 0 saturated carbocycles. The second-order valence-corrected chi connectivity index (χ2v) is 5.75. The SMILES string of the molecule is O=C(Cc1ccc(-c2cc[n+](O)cc2)cc1)NCc1cccc(F)c1. The molecule has 1 heterocycles. The Morgan fingerprint density at radius 2 is 1.64 bits per heavy atom. The molecular weight excluding hydrogens is 319 g/mol. The molecule has 2 aromatic carbocycles. The van der Waals surface area contributed by atoms with Crippen LogP contribution in [0.5, 0.6) is 0 Å². The Morgan fingerprint density at radius 1 is 0.960 bits per heavy atom. The number of halogens is 1. The second-order valence-electron chi connectivity index (χ2n) is 5.75. The number of hydrogen-bond donors (Lipinski definition) is 2. The van der Waals surface area contributed by atoms with Gasteiger partial charge in [0.15, 0.2) is 0 Å². The average molecular weight is 337 g/mol. The molecule has 1 amide bonds. The van der Waals surface area contributed by atoms with Crippen molar-refractivity contribution < 1.29 is 19.1 Å². The molecule has 2 N–H and O–H groups in total. The lowest BCUT2D eigenvalue weighted by atomic mass is 10.0. The molecule has 1 aromatic heterocycles. The van der Waals surface area contributed by atoms with Gasteiger partial charge in [-0.25, -0.2) is 4.39 Å². The van der Waals surface area contributed by atoms with E-state index in [1.165, 1.54) is 12.1 Å². The van der Waals surface area contributed by atoms with Crippen molar-refractivity contribution in [2.75, 3.05) is 0 Å². The molecule has 4 nitrogen and oxygen atoms in total. The van der Waals surface area contributed by atoms with Crippen molar-refractivity contribution >= 4 is 5.91 Å². The number of hydrogen-bond acceptors (Lipinski definition) is 2. The van der Waals surface area contributed by atoms with Gasteiger partial charge in [-0.1, -0.05) is 36.4 Å². The minimum atomic E-state index is -0.310. The summed E-state index contributed by atoms with van der Waals surface area (Å²) in [6, 6.07) is 17.5. The minimum absolute atomic E-state index is 0.113. The fraction of sp³-hybridized carbons (Fsp3) is 0.100. The van der Waals surface area contributed by atoms with Gasteiger partial charge in [0, 0.05) is 23.4 Å². The zero-order valence-corrected chi connectivity index (χ0v) is 13.5. The molecule has 126 valence electrons. The maximum absolute atomic E-state index is 13.1. The number of carbonyl (C=O) groups excluding carboxylic acids is 1. The quantitative estimate of drug-likeness (QED) is 0.556. The van der Waals surface area contributed by atoms with Crippen LogP contribution in [0.3, 0.4) is 0 Å². The molecule has 0 unspecified atom stereocenters. The highest BCUT2D eigenvalue weighted by molar-refractivity contribution is 5.78. The molecule has 5 heteroatoms. The Labute approximate surface area is 145 Å². The van der Waals surface area contributed by atoms with Crippen molar-refractivity contribution in [3.05, 3.63) is 90.0 Å². The van der Waals surface area contributed by atoms with Crippen LogP contribution in [0.15, 0.2) is 73.1 Å². The number of carbonyl (C=O) groups is 1. The first-order valence-corrected chi connectivity index (χ1v) is 7.91. The number of pyridine rings is 1. The van der Waals surface area contributed by atoms with Crippen molar-refractivity contribution in [1.29, 1.82) is 0 Å². The molecule has 3 aromatic rings. The van der Waals surface area contributed by atoms with Gasteiger partial charge in [0.05, 0.1) is 6.42 Å². The maximum atomic E-state index is 13.1. The molecule has 0 aliphatic heterocycles. The van der Waals surface area contributed by atoms with Gasteiger partial charge in [-0.3, -0.25) is 10.0 Å². The molecule has 0 atom stereocenters. The van der Waals surface area contributed by atoms with Crippen LogP contribution in [0.1, 0.15) is 11.1 Å². The van der Waals surface area contributed by atoms with Crippen LogP contribution < -0.4 is 10.0 Å². The monoisotopic (exact) mass is 337 g/mol. The molecule has 25 heavy (non-hydrogen) atoms. The summed E-state index contributed by atoms with van der Waals surface area (Å²) >= 11 is 0. The predicted molar refractivity (Wildman–Crippen MR) is 91.2 cm³/mol. The van der Waals surface area contributed by atoms with E-state index in [1.807, 2.05) is 24.3 Å². The molecule has 0 radical (unpaired) electrons. The molecule has 0 aliphatic carbocycles. The van der Waals surface area contributed by atoms with Crippen molar-refractivity contribution in [3.63, 3.8) is 0 Å². The van der Waals surface area contributed by atoms with Gasteiger partial charge < -0.3 is 5.32 Å². The molecule has 0 bridgehead atoms. The Kier molecular flexibility index (Phi) is 5.04. The molecule has 0 fully saturated rings. The van der Waals surface area contributed by atoms with Gasteiger partial charge in [-0.2, -0.15) is 0 Å². The van der Waals surface area contributed by atoms with E-state index in [-0.39, 0.29) is 18.1 Å². The Morgan fingerprint density at radius 3 is 2.32 bits per heavy atom. The summed E-state index contributed by atoms with van der Waals surface area (Å²) in [4.78, 5) is 12.0. The molecule has 0 saturated heterocycles. The van der Waals surface area contributed by atoms with Gasteiger partial charge in [0.25, 0.3) is 0 Å². The van der Waals surface area contributed by atoms with Gasteiger partial charge in [-0.15, -0.1) is 0 Å². The summed E-state index contributed by atoms with van der Waals surface area (Å²) < 4.78 is 14.1. The summed E-state index contributed by atoms with van der Waals surface area (Å²) in [5, 5.41) is 12.0. The fourth-order valence-corrected chi connectivity index (χ4v) is 2.52. The first-order valence-electron chi connectivity index (χ1n) is 7.91. The third-order valence-corrected chi connectivity index (χ3v) is 3.84. The summed E-state index contributed by atoms with van der Waals surface area (Å²) in [6.07, 6.45) is 3.38. The largest absolute Gasteiger partial charge is 0.352 e. The van der Waals surface area contributed by atoms with Crippen molar-refractivity contribution in [1.82, 2.24) is 5.32 Å². The molecule has 3 rings (SSSR count). The summed E-state index contributed by atoms with van der Waals surface area (Å²) in [6.45, 7) is 0.305. The zero-order chi connectivity index (χ0) is 17.6. The van der Waals surface area contributed by atoms with Gasteiger partial charge in [0.1, 0.15) is 5.82 Å². The minimum Gasteiger partial charge on any atom is -0.352 e. The van der Waals surface area contributed by atoms with Gasteiger partial charge in [0.2, 0.25) is 18.3 Å². The highest BCUT2D eigenvalue weighted by Crippen LogP contribution is 2.18. The van der Waals surface area contributed by atoms with Crippen LogP contribution in [0, 0.1) is 5.82 Å². The molecule has 0 aliphatic rings. The molecule has 0 spiro atoms. The fourth-order valence-electron chi connectivity index (χ4n) is 2.52. The topological polar surface area (TPSA) is 53.2 Å². The van der Waals surface area contributed by atoms with Crippen LogP contribution >= 0.6 is 0 Å². The normalized spacial score (nSPS) is 10.4. The van der Waals surface area contributed by atoms with Crippen LogP contribution in [0.2, 0.25) is 0 Å². The average Bonchev–Trinajstić information content (AvgIpc) is 2.62. The van der Waals surface area contributed by atoms with E-state index >= 15 is 0 Å². The third kappa shape index (κ3) is 4.64. The van der Waals surface area contributed by atoms with Crippen LogP contribution in [0.4, 0.5) is 4.39 Å². The van der Waals surface area contributed by atoms with Gasteiger partial charge in [-0.05, 0) is 34.4 Å². The second kappa shape index (κ2) is 7.57. The summed E-state index contributed by atoms with van der Waals surface area (Å²) in [5.74, 6) is -0.423.